The van der Waals surface area contributed by atoms with Crippen molar-refractivity contribution in [3.63, 3.8) is 0 Å². The fraction of sp³-hybridized carbons (Fsp3) is 0.217. The van der Waals surface area contributed by atoms with Crippen molar-refractivity contribution in [1.82, 2.24) is 0 Å². The Bertz CT molecular complexity index is 704. The standard InChI is InChI=1S/C23H25PSe2/c25-24(18-16-21-10-4-1-5-11-21,19-17-22-12-6-2-7-13-22)26-20-23-14-8-3-9-15-23/h1-15H,16-20H2. The molecule has 0 atom stereocenters. The first kappa shape index (κ1) is 19.9. The SMILES string of the molecule is [Se]=P(CCc1ccccc1)(CCc1ccccc1)[Se]Cc1ccccc1. The van der Waals surface area contributed by atoms with Crippen LogP contribution in [-0.2, 0) is 18.2 Å². The molecule has 3 heteroatoms. The number of aryl methyl sites for hydroxylation is 2. The normalized spacial score (nSPS) is 11.4. The summed E-state index contributed by atoms with van der Waals surface area (Å²) in [5, 5.41) is 1.25. The van der Waals surface area contributed by atoms with Crippen molar-refractivity contribution in [1.29, 1.82) is 0 Å². The summed E-state index contributed by atoms with van der Waals surface area (Å²) in [5.74, 6) is 0. The second-order valence-corrected chi connectivity index (χ2v) is 23.8. The molecule has 0 aliphatic heterocycles. The van der Waals surface area contributed by atoms with E-state index < -0.39 is 4.20 Å². The molecular weight excluding hydrogens is 465 g/mol. The number of hydrogen-bond donors (Lipinski definition) is 0. The molecule has 0 radical (unpaired) electrons. The first-order valence-electron chi connectivity index (χ1n) is 9.08. The summed E-state index contributed by atoms with van der Waals surface area (Å²) in [7, 11) is 0. The topological polar surface area (TPSA) is 0 Å². The number of hydrogen-bond acceptors (Lipinski definition) is 0. The van der Waals surface area contributed by atoms with Crippen LogP contribution < -0.4 is 0 Å². The Morgan fingerprint density at radius 2 is 0.962 bits per heavy atom. The van der Waals surface area contributed by atoms with E-state index >= 15 is 0 Å². The molecule has 0 unspecified atom stereocenters. The van der Waals surface area contributed by atoms with Crippen LogP contribution in [0.4, 0.5) is 0 Å². The molecule has 0 aliphatic carbocycles. The summed E-state index contributed by atoms with van der Waals surface area (Å²) in [4.78, 5) is 0. The van der Waals surface area contributed by atoms with E-state index in [2.05, 4.69) is 106 Å². The van der Waals surface area contributed by atoms with Crippen molar-refractivity contribution in [2.45, 2.75) is 18.2 Å². The van der Waals surface area contributed by atoms with Gasteiger partial charge in [-0.1, -0.05) is 0 Å². The van der Waals surface area contributed by atoms with Gasteiger partial charge in [-0.2, -0.15) is 0 Å². The Morgan fingerprint density at radius 1 is 0.577 bits per heavy atom. The van der Waals surface area contributed by atoms with Crippen molar-refractivity contribution >= 4 is 33.8 Å². The second kappa shape index (κ2) is 10.5. The summed E-state index contributed by atoms with van der Waals surface area (Å²) in [6, 6.07) is 32.9. The van der Waals surface area contributed by atoms with Crippen LogP contribution in [0.3, 0.4) is 0 Å². The third kappa shape index (κ3) is 6.70. The summed E-state index contributed by atoms with van der Waals surface area (Å²) >= 11 is 4.39. The van der Waals surface area contributed by atoms with E-state index in [9.17, 15) is 0 Å². The third-order valence-corrected chi connectivity index (χ3v) is 19.4. The van der Waals surface area contributed by atoms with Crippen LogP contribution in [-0.4, -0.2) is 41.9 Å². The van der Waals surface area contributed by atoms with Crippen molar-refractivity contribution in [2.24, 2.45) is 0 Å². The Morgan fingerprint density at radius 3 is 1.38 bits per heavy atom. The fourth-order valence-electron chi connectivity index (χ4n) is 2.90. The van der Waals surface area contributed by atoms with E-state index in [1.165, 1.54) is 47.2 Å². The molecule has 0 saturated carbocycles. The predicted molar refractivity (Wildman–Crippen MR) is 119 cm³/mol. The molecule has 0 heterocycles. The van der Waals surface area contributed by atoms with E-state index in [0.717, 1.165) is 0 Å². The molecule has 0 N–H and O–H groups in total. The molecule has 3 aromatic rings. The maximum atomic E-state index is 3.74. The van der Waals surface area contributed by atoms with Crippen molar-refractivity contribution in [3.05, 3.63) is 108 Å². The zero-order valence-corrected chi connectivity index (χ0v) is 19.3. The fourth-order valence-corrected chi connectivity index (χ4v) is 13.4. The van der Waals surface area contributed by atoms with E-state index in [1.54, 1.807) is 0 Å². The summed E-state index contributed by atoms with van der Waals surface area (Å²) in [6.45, 7) is 0. The molecule has 0 saturated heterocycles. The molecule has 0 fully saturated rings. The molecule has 0 aromatic heterocycles. The van der Waals surface area contributed by atoms with Gasteiger partial charge in [-0.25, -0.2) is 0 Å². The predicted octanol–water partition coefficient (Wildman–Crippen LogP) is 5.39. The Kier molecular flexibility index (Phi) is 8.00. The van der Waals surface area contributed by atoms with Gasteiger partial charge >= 0.3 is 172 Å². The first-order valence-corrected chi connectivity index (χ1v) is 16.9. The van der Waals surface area contributed by atoms with Crippen LogP contribution in [0.2, 0.25) is 0 Å². The van der Waals surface area contributed by atoms with Gasteiger partial charge in [-0.15, -0.1) is 0 Å². The summed E-state index contributed by atoms with van der Waals surface area (Å²) < 4.78 is -1.03. The van der Waals surface area contributed by atoms with E-state index in [1.807, 2.05) is 0 Å². The monoisotopic (exact) mass is 492 g/mol. The molecule has 26 heavy (non-hydrogen) atoms. The second-order valence-electron chi connectivity index (χ2n) is 6.49. The molecule has 0 aliphatic rings. The minimum atomic E-state index is -1.03. The van der Waals surface area contributed by atoms with Crippen molar-refractivity contribution in [2.75, 3.05) is 12.3 Å². The Balaban J connectivity index is 1.65. The molecule has 0 amide bonds. The van der Waals surface area contributed by atoms with Gasteiger partial charge in [0.25, 0.3) is 0 Å². The van der Waals surface area contributed by atoms with Gasteiger partial charge < -0.3 is 0 Å². The molecular formula is C23H25PSe2. The van der Waals surface area contributed by atoms with Crippen LogP contribution in [0.25, 0.3) is 0 Å². The molecule has 0 spiro atoms. The van der Waals surface area contributed by atoms with E-state index in [4.69, 9.17) is 0 Å². The summed E-state index contributed by atoms with van der Waals surface area (Å²) in [5.41, 5.74) is 4.44. The zero-order valence-electron chi connectivity index (χ0n) is 15.0. The van der Waals surface area contributed by atoms with Gasteiger partial charge in [-0.3, -0.25) is 0 Å². The number of rotatable bonds is 9. The maximum absolute atomic E-state index is 3.74. The van der Waals surface area contributed by atoms with E-state index in [0.29, 0.717) is 14.5 Å². The summed E-state index contributed by atoms with van der Waals surface area (Å²) in [6.07, 6.45) is 5.06. The van der Waals surface area contributed by atoms with Crippen LogP contribution in [0.15, 0.2) is 91.0 Å². The van der Waals surface area contributed by atoms with Gasteiger partial charge in [0.2, 0.25) is 0 Å². The van der Waals surface area contributed by atoms with Crippen LogP contribution in [0.1, 0.15) is 16.7 Å². The van der Waals surface area contributed by atoms with Gasteiger partial charge in [0, 0.05) is 0 Å². The zero-order chi connectivity index (χ0) is 18.1. The van der Waals surface area contributed by atoms with Gasteiger partial charge in [0.05, 0.1) is 0 Å². The average Bonchev–Trinajstić information content (AvgIpc) is 2.72. The van der Waals surface area contributed by atoms with Crippen LogP contribution in [0.5, 0.6) is 0 Å². The Labute approximate surface area is 171 Å². The average molecular weight is 490 g/mol. The van der Waals surface area contributed by atoms with Gasteiger partial charge in [-0.05, 0) is 0 Å². The molecule has 0 bridgehead atoms. The van der Waals surface area contributed by atoms with Gasteiger partial charge in [0.1, 0.15) is 0 Å². The quantitative estimate of drug-likeness (QED) is 0.279. The number of benzene rings is 3. The van der Waals surface area contributed by atoms with E-state index in [-0.39, 0.29) is 0 Å². The minimum absolute atomic E-state index is 0.651. The molecule has 3 aromatic carbocycles. The van der Waals surface area contributed by atoms with Crippen LogP contribution in [0, 0.1) is 0 Å². The van der Waals surface area contributed by atoms with Gasteiger partial charge in [0.15, 0.2) is 0 Å². The molecule has 3 rings (SSSR count). The van der Waals surface area contributed by atoms with Crippen LogP contribution >= 0.6 is 4.20 Å². The Hall–Kier alpha value is -0.871. The molecule has 134 valence electrons. The van der Waals surface area contributed by atoms with Crippen molar-refractivity contribution in [3.8, 4) is 0 Å². The molecule has 0 nitrogen and oxygen atoms in total. The first-order chi connectivity index (χ1) is 12.7. The van der Waals surface area contributed by atoms with Crippen molar-refractivity contribution < 1.29 is 0 Å². The third-order valence-electron chi connectivity index (χ3n) is 4.48.